The van der Waals surface area contributed by atoms with Gasteiger partial charge in [-0.15, -0.1) is 0 Å². The highest BCUT2D eigenvalue weighted by molar-refractivity contribution is 6.36. The van der Waals surface area contributed by atoms with E-state index in [2.05, 4.69) is 5.32 Å². The Morgan fingerprint density at radius 3 is 2.34 bits per heavy atom. The highest BCUT2D eigenvalue weighted by Crippen LogP contribution is 2.25. The van der Waals surface area contributed by atoms with Crippen molar-refractivity contribution in [3.8, 4) is 0 Å². The van der Waals surface area contributed by atoms with Gasteiger partial charge in [0.15, 0.2) is 6.04 Å². The summed E-state index contributed by atoms with van der Waals surface area (Å²) in [7, 11) is 0. The molecule has 8 nitrogen and oxygen atoms in total. The summed E-state index contributed by atoms with van der Waals surface area (Å²) >= 11 is 12.0. The maximum atomic E-state index is 12.1. The molecule has 0 heterocycles. The first kappa shape index (κ1) is 24.6. The molecule has 29 heavy (non-hydrogen) atoms. The third-order valence-corrected chi connectivity index (χ3v) is 4.43. The number of aliphatic carboxylic acids is 1. The van der Waals surface area contributed by atoms with Gasteiger partial charge in [0.2, 0.25) is 5.91 Å². The fourth-order valence-corrected chi connectivity index (χ4v) is 2.86. The van der Waals surface area contributed by atoms with E-state index in [4.69, 9.17) is 38.5 Å². The number of Topliss-reactive ketones (excluding diaryl/α,β-unsaturated/α-hetero) is 1. The van der Waals surface area contributed by atoms with Gasteiger partial charge in [-0.2, -0.15) is 0 Å². The predicted octanol–water partition coefficient (Wildman–Crippen LogP) is 2.82. The SMILES string of the molecule is CCCC(=O)N[C@@H](COC(=O)CC(=N)CC(=O)Cc1c(Cl)cccc1Cl)C(=O)O. The number of ether oxygens (including phenoxy) is 1. The van der Waals surface area contributed by atoms with Crippen LogP contribution in [0.1, 0.15) is 38.2 Å². The minimum absolute atomic E-state index is 0.0829. The van der Waals surface area contributed by atoms with Crippen molar-refractivity contribution in [3.63, 3.8) is 0 Å². The first-order chi connectivity index (χ1) is 13.6. The molecule has 1 aromatic rings. The molecule has 0 saturated heterocycles. The first-order valence-electron chi connectivity index (χ1n) is 8.82. The lowest BCUT2D eigenvalue weighted by Crippen LogP contribution is -2.44. The molecule has 0 spiro atoms. The predicted molar refractivity (Wildman–Crippen MR) is 108 cm³/mol. The second kappa shape index (κ2) is 12.2. The van der Waals surface area contributed by atoms with Crippen LogP contribution < -0.4 is 5.32 Å². The molecule has 1 atom stereocenters. The van der Waals surface area contributed by atoms with Gasteiger partial charge < -0.3 is 20.6 Å². The highest BCUT2D eigenvalue weighted by Gasteiger charge is 2.22. The van der Waals surface area contributed by atoms with Crippen LogP contribution in [0.5, 0.6) is 0 Å². The molecule has 3 N–H and O–H groups in total. The summed E-state index contributed by atoms with van der Waals surface area (Å²) in [6.07, 6.45) is -0.160. The number of carbonyl (C=O) groups excluding carboxylic acids is 3. The van der Waals surface area contributed by atoms with Crippen LogP contribution >= 0.6 is 23.2 Å². The van der Waals surface area contributed by atoms with E-state index < -0.39 is 36.9 Å². The number of benzene rings is 1. The van der Waals surface area contributed by atoms with Gasteiger partial charge in [0.25, 0.3) is 0 Å². The standard InChI is InChI=1S/C19H22Cl2N2O6/c1-2-4-17(25)23-16(19(27)28)10-29-18(26)8-11(22)7-12(24)9-13-14(20)5-3-6-15(13)21/h3,5-6,16,22H,2,4,7-10H2,1H3,(H,23,25)(H,27,28)/t16-/m0/s1. The molecule has 0 fully saturated rings. The molecule has 0 aromatic heterocycles. The molecule has 0 unspecified atom stereocenters. The summed E-state index contributed by atoms with van der Waals surface area (Å²) < 4.78 is 4.82. The average molecular weight is 445 g/mol. The lowest BCUT2D eigenvalue weighted by Gasteiger charge is -2.14. The van der Waals surface area contributed by atoms with E-state index in [1.165, 1.54) is 0 Å². The second-order valence-electron chi connectivity index (χ2n) is 6.26. The second-order valence-corrected chi connectivity index (χ2v) is 7.08. The van der Waals surface area contributed by atoms with Gasteiger partial charge in [0.1, 0.15) is 12.4 Å². The Morgan fingerprint density at radius 1 is 1.17 bits per heavy atom. The topological polar surface area (TPSA) is 134 Å². The van der Waals surface area contributed by atoms with Crippen LogP contribution in [0, 0.1) is 5.41 Å². The van der Waals surface area contributed by atoms with Gasteiger partial charge in [0.05, 0.1) is 6.42 Å². The summed E-state index contributed by atoms with van der Waals surface area (Å²) in [5, 5.41) is 19.8. The lowest BCUT2D eigenvalue weighted by molar-refractivity contribution is -0.149. The Labute approximate surface area is 178 Å². The number of ketones is 1. The minimum Gasteiger partial charge on any atom is -0.480 e. The number of carbonyl (C=O) groups is 4. The van der Waals surface area contributed by atoms with Crippen LogP contribution in [-0.2, 0) is 30.3 Å². The van der Waals surface area contributed by atoms with Gasteiger partial charge in [-0.05, 0) is 24.1 Å². The van der Waals surface area contributed by atoms with Crippen LogP contribution in [0.2, 0.25) is 10.0 Å². The molecule has 10 heteroatoms. The van der Waals surface area contributed by atoms with E-state index in [9.17, 15) is 19.2 Å². The van der Waals surface area contributed by atoms with Gasteiger partial charge in [0, 0.05) is 35.0 Å². The summed E-state index contributed by atoms with van der Waals surface area (Å²) in [5.74, 6) is -3.03. The van der Waals surface area contributed by atoms with Crippen molar-refractivity contribution in [1.29, 1.82) is 5.41 Å². The summed E-state index contributed by atoms with van der Waals surface area (Å²) in [4.78, 5) is 46.6. The normalized spacial score (nSPS) is 11.4. The molecule has 1 aromatic carbocycles. The number of hydrogen-bond donors (Lipinski definition) is 3. The van der Waals surface area contributed by atoms with Crippen molar-refractivity contribution < 1.29 is 29.0 Å². The van der Waals surface area contributed by atoms with Crippen molar-refractivity contribution >= 4 is 52.5 Å². The number of amides is 1. The van der Waals surface area contributed by atoms with Gasteiger partial charge in [-0.3, -0.25) is 14.4 Å². The zero-order valence-corrected chi connectivity index (χ0v) is 17.3. The molecule has 0 aliphatic rings. The van der Waals surface area contributed by atoms with E-state index in [1.54, 1.807) is 25.1 Å². The quantitative estimate of drug-likeness (QED) is 0.335. The number of nitrogens with one attached hydrogen (secondary N) is 2. The zero-order valence-electron chi connectivity index (χ0n) is 15.8. The van der Waals surface area contributed by atoms with Gasteiger partial charge in [-0.25, -0.2) is 4.79 Å². The van der Waals surface area contributed by atoms with Crippen molar-refractivity contribution in [2.75, 3.05) is 6.61 Å². The van der Waals surface area contributed by atoms with E-state index in [1.807, 2.05) is 0 Å². The van der Waals surface area contributed by atoms with Crippen molar-refractivity contribution in [2.24, 2.45) is 0 Å². The fraction of sp³-hybridized carbons (Fsp3) is 0.421. The van der Waals surface area contributed by atoms with Crippen molar-refractivity contribution in [3.05, 3.63) is 33.8 Å². The average Bonchev–Trinajstić information content (AvgIpc) is 2.61. The number of carboxylic acids is 1. The largest absolute Gasteiger partial charge is 0.480 e. The fourth-order valence-electron chi connectivity index (χ4n) is 2.33. The number of hydrogen-bond acceptors (Lipinski definition) is 6. The molecule has 158 valence electrons. The monoisotopic (exact) mass is 444 g/mol. The van der Waals surface area contributed by atoms with Gasteiger partial charge in [-0.1, -0.05) is 36.2 Å². The summed E-state index contributed by atoms with van der Waals surface area (Å²) in [5.41, 5.74) is 0.258. The Hall–Kier alpha value is -2.45. The van der Waals surface area contributed by atoms with E-state index >= 15 is 0 Å². The Bertz CT molecular complexity index is 777. The first-order valence-corrected chi connectivity index (χ1v) is 9.58. The Morgan fingerprint density at radius 2 is 1.79 bits per heavy atom. The summed E-state index contributed by atoms with van der Waals surface area (Å²) in [6, 6.07) is 3.45. The number of carboxylic acid groups (broad SMARTS) is 1. The smallest absolute Gasteiger partial charge is 0.329 e. The van der Waals surface area contributed by atoms with Gasteiger partial charge >= 0.3 is 11.9 Å². The highest BCUT2D eigenvalue weighted by atomic mass is 35.5. The molecule has 0 bridgehead atoms. The zero-order chi connectivity index (χ0) is 22.0. The van der Waals surface area contributed by atoms with Crippen LogP contribution in [-0.4, -0.2) is 47.1 Å². The number of halogens is 2. The van der Waals surface area contributed by atoms with Crippen LogP contribution in [0.25, 0.3) is 0 Å². The molecule has 1 rings (SSSR count). The van der Waals surface area contributed by atoms with Crippen molar-refractivity contribution in [2.45, 2.75) is 45.1 Å². The maximum Gasteiger partial charge on any atom is 0.329 e. The Balaban J connectivity index is 2.48. The van der Waals surface area contributed by atoms with E-state index in [0.29, 0.717) is 22.0 Å². The molecular weight excluding hydrogens is 423 g/mol. The van der Waals surface area contributed by atoms with E-state index in [-0.39, 0.29) is 30.8 Å². The Kier molecular flexibility index (Phi) is 10.3. The summed E-state index contributed by atoms with van der Waals surface area (Å²) in [6.45, 7) is 1.20. The molecule has 1 amide bonds. The minimum atomic E-state index is -1.38. The lowest BCUT2D eigenvalue weighted by atomic mass is 10.0. The van der Waals surface area contributed by atoms with Crippen LogP contribution in [0.15, 0.2) is 18.2 Å². The third kappa shape index (κ3) is 9.06. The molecule has 0 aliphatic carbocycles. The molecule has 0 radical (unpaired) electrons. The number of rotatable bonds is 12. The number of esters is 1. The van der Waals surface area contributed by atoms with Crippen LogP contribution in [0.4, 0.5) is 0 Å². The maximum absolute atomic E-state index is 12.1. The van der Waals surface area contributed by atoms with E-state index in [0.717, 1.165) is 0 Å². The molecule has 0 saturated carbocycles. The molecule has 0 aliphatic heterocycles. The van der Waals surface area contributed by atoms with Crippen molar-refractivity contribution in [1.82, 2.24) is 5.32 Å². The molecular formula is C19H22Cl2N2O6. The van der Waals surface area contributed by atoms with Crippen LogP contribution in [0.3, 0.4) is 0 Å². The third-order valence-electron chi connectivity index (χ3n) is 3.73.